The Morgan fingerprint density at radius 3 is 2.67 bits per heavy atom. The van der Waals surface area contributed by atoms with Crippen LogP contribution < -0.4 is 14.8 Å². The Morgan fingerprint density at radius 2 is 1.94 bits per heavy atom. The molecule has 0 unspecified atom stereocenters. The average Bonchev–Trinajstić information content (AvgIpc) is 3.25. The molecule has 9 heteroatoms. The molecule has 172 valence electrons. The Morgan fingerprint density at radius 1 is 1.12 bits per heavy atom. The third-order valence-corrected chi connectivity index (χ3v) is 5.70. The summed E-state index contributed by atoms with van der Waals surface area (Å²) < 4.78 is 19.6. The Kier molecular flexibility index (Phi) is 6.57. The van der Waals surface area contributed by atoms with Gasteiger partial charge in [0, 0.05) is 22.3 Å². The largest absolute Gasteiger partial charge is 0.493 e. The van der Waals surface area contributed by atoms with Crippen molar-refractivity contribution >= 4 is 23.5 Å². The summed E-state index contributed by atoms with van der Waals surface area (Å²) in [5.41, 5.74) is 3.11. The number of fused-ring (bicyclic) bond motifs is 3. The molecule has 0 aliphatic carbocycles. The second-order valence-corrected chi connectivity index (χ2v) is 7.90. The zero-order valence-corrected chi connectivity index (χ0v) is 18.8. The lowest BCUT2D eigenvalue weighted by Crippen LogP contribution is -2.31. The van der Waals surface area contributed by atoms with Crippen molar-refractivity contribution in [2.24, 2.45) is 0 Å². The quantitative estimate of drug-likeness (QED) is 0.543. The van der Waals surface area contributed by atoms with E-state index in [1.807, 2.05) is 47.2 Å². The highest BCUT2D eigenvalue weighted by molar-refractivity contribution is 6.30. The predicted octanol–water partition coefficient (Wildman–Crippen LogP) is 3.90. The van der Waals surface area contributed by atoms with E-state index in [-0.39, 0.29) is 6.42 Å². The number of rotatable bonds is 7. The van der Waals surface area contributed by atoms with Crippen molar-refractivity contribution in [3.05, 3.63) is 76.6 Å². The molecule has 3 aromatic rings. The van der Waals surface area contributed by atoms with Crippen molar-refractivity contribution in [2.75, 3.05) is 20.8 Å². The van der Waals surface area contributed by atoms with Crippen molar-refractivity contribution in [2.45, 2.75) is 18.6 Å². The first-order valence-corrected chi connectivity index (χ1v) is 10.6. The summed E-state index contributed by atoms with van der Waals surface area (Å²) in [6, 6.07) is 14.8. The van der Waals surface area contributed by atoms with Gasteiger partial charge in [0.15, 0.2) is 11.5 Å². The fraction of sp³-hybridized carbons (Fsp3) is 0.250. The molecule has 2 N–H and O–H groups in total. The summed E-state index contributed by atoms with van der Waals surface area (Å²) in [4.78, 5) is 23.4. The number of para-hydroxylation sites is 1. The summed E-state index contributed by atoms with van der Waals surface area (Å²) in [6.07, 6.45) is 0.516. The summed E-state index contributed by atoms with van der Waals surface area (Å²) >= 11 is 6.37. The molecule has 33 heavy (non-hydrogen) atoms. The molecule has 0 spiro atoms. The molecule has 1 aliphatic rings. The fourth-order valence-corrected chi connectivity index (χ4v) is 4.25. The van der Waals surface area contributed by atoms with Gasteiger partial charge in [-0.3, -0.25) is 9.59 Å². The maximum Gasteiger partial charge on any atom is 0.322 e. The molecule has 0 saturated carbocycles. The van der Waals surface area contributed by atoms with Crippen LogP contribution in [0.1, 0.15) is 35.4 Å². The Labute approximate surface area is 195 Å². The van der Waals surface area contributed by atoms with E-state index in [4.69, 9.17) is 30.9 Å². The molecule has 1 aliphatic heterocycles. The van der Waals surface area contributed by atoms with Crippen LogP contribution in [0.25, 0.3) is 5.69 Å². The van der Waals surface area contributed by atoms with E-state index in [2.05, 4.69) is 5.32 Å². The fourth-order valence-electron chi connectivity index (χ4n) is 4.06. The number of ether oxygens (including phenoxy) is 3. The minimum atomic E-state index is -1.12. The van der Waals surface area contributed by atoms with E-state index >= 15 is 0 Å². The zero-order chi connectivity index (χ0) is 23.5. The van der Waals surface area contributed by atoms with Crippen molar-refractivity contribution in [1.29, 1.82) is 0 Å². The standard InChI is InChI=1S/C24H23ClN2O6/c1-31-19-7-3-5-15(24(19)32-2)23-16-11-14(25)8-9-17(16)27-10-4-6-18(27)20(33-23)12-21(28)26-13-22(29)30/h3-11,20,23H,12-13H2,1-2H3,(H,26,28)(H,29,30)/t20-,23-/m0/s1. The average molecular weight is 471 g/mol. The van der Waals surface area contributed by atoms with Crippen LogP contribution >= 0.6 is 11.6 Å². The summed E-state index contributed by atoms with van der Waals surface area (Å²) in [5.74, 6) is -0.497. The van der Waals surface area contributed by atoms with Gasteiger partial charge in [-0.2, -0.15) is 0 Å². The number of hydrogen-bond donors (Lipinski definition) is 2. The number of carboxylic acids is 1. The first kappa shape index (κ1) is 22.7. The minimum Gasteiger partial charge on any atom is -0.493 e. The van der Waals surface area contributed by atoms with Crippen LogP contribution in [0, 0.1) is 0 Å². The highest BCUT2D eigenvalue weighted by atomic mass is 35.5. The predicted molar refractivity (Wildman–Crippen MR) is 121 cm³/mol. The third kappa shape index (κ3) is 4.53. The van der Waals surface area contributed by atoms with Gasteiger partial charge >= 0.3 is 5.97 Å². The normalized spacial score (nSPS) is 16.8. The molecule has 4 rings (SSSR count). The van der Waals surface area contributed by atoms with E-state index in [1.165, 1.54) is 0 Å². The van der Waals surface area contributed by atoms with Crippen LogP contribution in [0.5, 0.6) is 11.5 Å². The number of amides is 1. The van der Waals surface area contributed by atoms with Crippen LogP contribution in [0.15, 0.2) is 54.7 Å². The Balaban J connectivity index is 1.83. The van der Waals surface area contributed by atoms with Crippen LogP contribution in [0.3, 0.4) is 0 Å². The van der Waals surface area contributed by atoms with Crippen molar-refractivity contribution in [3.63, 3.8) is 0 Å². The monoisotopic (exact) mass is 470 g/mol. The van der Waals surface area contributed by atoms with E-state index in [9.17, 15) is 9.59 Å². The first-order chi connectivity index (χ1) is 15.9. The lowest BCUT2D eigenvalue weighted by molar-refractivity contribution is -0.138. The molecule has 1 aromatic heterocycles. The first-order valence-electron chi connectivity index (χ1n) is 10.2. The van der Waals surface area contributed by atoms with E-state index in [1.54, 1.807) is 26.4 Å². The van der Waals surface area contributed by atoms with Gasteiger partial charge in [0.2, 0.25) is 5.91 Å². The number of carboxylic acid groups (broad SMARTS) is 1. The summed E-state index contributed by atoms with van der Waals surface area (Å²) in [6.45, 7) is -0.463. The minimum absolute atomic E-state index is 0.0677. The van der Waals surface area contributed by atoms with Crippen molar-refractivity contribution in [1.82, 2.24) is 9.88 Å². The number of carbonyl (C=O) groups is 2. The van der Waals surface area contributed by atoms with Crippen LogP contribution in [-0.2, 0) is 14.3 Å². The summed E-state index contributed by atoms with van der Waals surface area (Å²) in [5, 5.41) is 11.8. The van der Waals surface area contributed by atoms with Gasteiger partial charge in [-0.1, -0.05) is 23.7 Å². The number of hydrogen-bond acceptors (Lipinski definition) is 5. The highest BCUT2D eigenvalue weighted by Gasteiger charge is 2.33. The number of methoxy groups -OCH3 is 2. The molecule has 8 nitrogen and oxygen atoms in total. The number of carbonyl (C=O) groups excluding carboxylic acids is 1. The van der Waals surface area contributed by atoms with Gasteiger partial charge in [-0.05, 0) is 36.4 Å². The van der Waals surface area contributed by atoms with Crippen LogP contribution in [0.2, 0.25) is 5.02 Å². The molecule has 2 atom stereocenters. The smallest absolute Gasteiger partial charge is 0.322 e. The van der Waals surface area contributed by atoms with E-state index in [0.29, 0.717) is 22.1 Å². The number of benzene rings is 2. The number of halogens is 1. The van der Waals surface area contributed by atoms with Gasteiger partial charge in [0.25, 0.3) is 0 Å². The van der Waals surface area contributed by atoms with Crippen LogP contribution in [0.4, 0.5) is 0 Å². The molecule has 0 fully saturated rings. The number of nitrogens with one attached hydrogen (secondary N) is 1. The van der Waals surface area contributed by atoms with E-state index < -0.39 is 30.6 Å². The Bertz CT molecular complexity index is 1190. The van der Waals surface area contributed by atoms with Gasteiger partial charge < -0.3 is 29.2 Å². The number of nitrogens with zero attached hydrogens (tertiary/aromatic N) is 1. The molecular weight excluding hydrogens is 448 g/mol. The maximum atomic E-state index is 12.5. The van der Waals surface area contributed by atoms with Crippen LogP contribution in [-0.4, -0.2) is 42.3 Å². The molecule has 0 bridgehead atoms. The molecule has 0 radical (unpaired) electrons. The van der Waals surface area contributed by atoms with Gasteiger partial charge in [0.1, 0.15) is 18.8 Å². The maximum absolute atomic E-state index is 12.5. The van der Waals surface area contributed by atoms with E-state index in [0.717, 1.165) is 16.9 Å². The Hall–Kier alpha value is -3.49. The number of aromatic nitrogens is 1. The summed E-state index contributed by atoms with van der Waals surface area (Å²) in [7, 11) is 3.11. The molecule has 2 heterocycles. The van der Waals surface area contributed by atoms with Gasteiger partial charge in [-0.15, -0.1) is 0 Å². The lowest BCUT2D eigenvalue weighted by Gasteiger charge is -2.25. The number of aliphatic carboxylic acids is 1. The van der Waals surface area contributed by atoms with Crippen molar-refractivity contribution in [3.8, 4) is 17.2 Å². The lowest BCUT2D eigenvalue weighted by atomic mass is 9.98. The molecular formula is C24H23ClN2O6. The molecule has 2 aromatic carbocycles. The van der Waals surface area contributed by atoms with Crippen molar-refractivity contribution < 1.29 is 28.9 Å². The topological polar surface area (TPSA) is 99.0 Å². The second kappa shape index (κ2) is 9.56. The highest BCUT2D eigenvalue weighted by Crippen LogP contribution is 2.46. The van der Waals surface area contributed by atoms with Gasteiger partial charge in [-0.25, -0.2) is 0 Å². The molecule has 0 saturated heterocycles. The zero-order valence-electron chi connectivity index (χ0n) is 18.1. The second-order valence-electron chi connectivity index (χ2n) is 7.47. The third-order valence-electron chi connectivity index (χ3n) is 5.47. The molecule has 1 amide bonds. The SMILES string of the molecule is COc1cccc([C@@H]2O[C@@H](CC(=O)NCC(=O)O)c3cccn3-c3ccc(Cl)cc32)c1OC. The van der Waals surface area contributed by atoms with Gasteiger partial charge in [0.05, 0.1) is 32.0 Å².